The van der Waals surface area contributed by atoms with Crippen molar-refractivity contribution in [3.63, 3.8) is 0 Å². The van der Waals surface area contributed by atoms with Crippen molar-refractivity contribution in [3.8, 4) is 0 Å². The SMILES string of the molecule is CCOC(=O)c1c(/N=N/c2ccccc2)c(C2CCC(OC)CC2)nn1C. The molecule has 0 unspecified atom stereocenters. The molecule has 1 heterocycles. The molecule has 7 nitrogen and oxygen atoms in total. The Kier molecular flexibility index (Phi) is 6.34. The number of benzene rings is 1. The Hall–Kier alpha value is -2.54. The quantitative estimate of drug-likeness (QED) is 0.546. The Morgan fingerprint density at radius 1 is 1.19 bits per heavy atom. The summed E-state index contributed by atoms with van der Waals surface area (Å²) in [6, 6.07) is 9.46. The van der Waals surface area contributed by atoms with E-state index in [2.05, 4.69) is 15.3 Å². The maximum atomic E-state index is 12.5. The van der Waals surface area contributed by atoms with Crippen LogP contribution in [0.4, 0.5) is 11.4 Å². The van der Waals surface area contributed by atoms with Crippen molar-refractivity contribution in [1.29, 1.82) is 0 Å². The van der Waals surface area contributed by atoms with E-state index >= 15 is 0 Å². The lowest BCUT2D eigenvalue weighted by Gasteiger charge is -2.26. The van der Waals surface area contributed by atoms with Gasteiger partial charge in [0.2, 0.25) is 0 Å². The summed E-state index contributed by atoms with van der Waals surface area (Å²) >= 11 is 0. The molecule has 0 saturated heterocycles. The van der Waals surface area contributed by atoms with E-state index in [1.807, 2.05) is 30.3 Å². The number of carbonyl (C=O) groups excluding carboxylic acids is 1. The van der Waals surface area contributed by atoms with Gasteiger partial charge in [0.05, 0.1) is 24.1 Å². The van der Waals surface area contributed by atoms with Gasteiger partial charge in [0.25, 0.3) is 0 Å². The molecule has 1 aromatic carbocycles. The predicted molar refractivity (Wildman–Crippen MR) is 102 cm³/mol. The molecule has 27 heavy (non-hydrogen) atoms. The average Bonchev–Trinajstić information content (AvgIpc) is 3.03. The fourth-order valence-electron chi connectivity index (χ4n) is 3.51. The number of esters is 1. The van der Waals surface area contributed by atoms with E-state index < -0.39 is 5.97 Å². The molecule has 0 atom stereocenters. The van der Waals surface area contributed by atoms with Crippen LogP contribution in [0.15, 0.2) is 40.6 Å². The van der Waals surface area contributed by atoms with Crippen LogP contribution in [0.25, 0.3) is 0 Å². The molecule has 0 radical (unpaired) electrons. The summed E-state index contributed by atoms with van der Waals surface area (Å²) in [7, 11) is 3.50. The van der Waals surface area contributed by atoms with Crippen molar-refractivity contribution in [2.75, 3.05) is 13.7 Å². The first-order valence-corrected chi connectivity index (χ1v) is 9.37. The lowest BCUT2D eigenvalue weighted by Crippen LogP contribution is -2.19. The molecule has 1 aromatic heterocycles. The summed E-state index contributed by atoms with van der Waals surface area (Å²) in [5.41, 5.74) is 2.40. The van der Waals surface area contributed by atoms with Crippen LogP contribution in [0.2, 0.25) is 0 Å². The number of carbonyl (C=O) groups is 1. The maximum absolute atomic E-state index is 12.5. The molecule has 1 aliphatic rings. The van der Waals surface area contributed by atoms with Crippen LogP contribution in [0.3, 0.4) is 0 Å². The summed E-state index contributed by atoms with van der Waals surface area (Å²) < 4.78 is 12.2. The largest absolute Gasteiger partial charge is 0.461 e. The van der Waals surface area contributed by atoms with E-state index in [1.165, 1.54) is 0 Å². The lowest BCUT2D eigenvalue weighted by molar-refractivity contribution is 0.0514. The Morgan fingerprint density at radius 2 is 1.89 bits per heavy atom. The summed E-state index contributed by atoms with van der Waals surface area (Å²) in [4.78, 5) is 12.5. The van der Waals surface area contributed by atoms with Crippen molar-refractivity contribution < 1.29 is 14.3 Å². The molecular weight excluding hydrogens is 344 g/mol. The predicted octanol–water partition coefficient (Wildman–Crippen LogP) is 4.68. The number of ether oxygens (including phenoxy) is 2. The zero-order valence-corrected chi connectivity index (χ0v) is 16.1. The highest BCUT2D eigenvalue weighted by Crippen LogP contribution is 2.40. The first kappa shape index (κ1) is 19.2. The third kappa shape index (κ3) is 4.42. The van der Waals surface area contributed by atoms with E-state index in [-0.39, 0.29) is 5.92 Å². The lowest BCUT2D eigenvalue weighted by atomic mass is 9.84. The van der Waals surface area contributed by atoms with Gasteiger partial charge in [-0.15, -0.1) is 5.11 Å². The van der Waals surface area contributed by atoms with E-state index in [1.54, 1.807) is 25.8 Å². The van der Waals surface area contributed by atoms with Crippen molar-refractivity contribution in [2.24, 2.45) is 17.3 Å². The minimum atomic E-state index is -0.425. The Labute approximate surface area is 159 Å². The Balaban J connectivity index is 1.96. The van der Waals surface area contributed by atoms with E-state index in [0.717, 1.165) is 37.1 Å². The summed E-state index contributed by atoms with van der Waals surface area (Å²) in [5.74, 6) is -0.193. The van der Waals surface area contributed by atoms with Crippen LogP contribution >= 0.6 is 0 Å². The third-order valence-corrected chi connectivity index (χ3v) is 4.93. The topological polar surface area (TPSA) is 78.1 Å². The maximum Gasteiger partial charge on any atom is 0.358 e. The number of methoxy groups -OCH3 is 1. The number of hydrogen-bond donors (Lipinski definition) is 0. The number of aromatic nitrogens is 2. The van der Waals surface area contributed by atoms with Gasteiger partial charge in [-0.2, -0.15) is 10.2 Å². The zero-order valence-electron chi connectivity index (χ0n) is 16.1. The fraction of sp³-hybridized carbons (Fsp3) is 0.500. The molecule has 144 valence electrons. The molecule has 3 rings (SSSR count). The first-order chi connectivity index (χ1) is 13.1. The second kappa shape index (κ2) is 8.90. The monoisotopic (exact) mass is 370 g/mol. The molecule has 0 bridgehead atoms. The van der Waals surface area contributed by atoms with Crippen LogP contribution in [0.5, 0.6) is 0 Å². The zero-order chi connectivity index (χ0) is 19.2. The van der Waals surface area contributed by atoms with Gasteiger partial charge in [-0.3, -0.25) is 4.68 Å². The molecule has 0 spiro atoms. The van der Waals surface area contributed by atoms with Gasteiger partial charge in [-0.25, -0.2) is 4.79 Å². The second-order valence-corrected chi connectivity index (χ2v) is 6.67. The van der Waals surface area contributed by atoms with E-state index in [9.17, 15) is 4.79 Å². The van der Waals surface area contributed by atoms with Gasteiger partial charge < -0.3 is 9.47 Å². The van der Waals surface area contributed by atoms with Crippen molar-refractivity contribution in [2.45, 2.75) is 44.6 Å². The van der Waals surface area contributed by atoms with Crippen LogP contribution in [-0.4, -0.2) is 35.6 Å². The highest BCUT2D eigenvalue weighted by atomic mass is 16.5. The molecule has 1 fully saturated rings. The third-order valence-electron chi connectivity index (χ3n) is 4.93. The normalized spacial score (nSPS) is 20.1. The van der Waals surface area contributed by atoms with Gasteiger partial charge in [0.15, 0.2) is 5.69 Å². The molecule has 1 aliphatic carbocycles. The van der Waals surface area contributed by atoms with E-state index in [0.29, 0.717) is 24.1 Å². The Morgan fingerprint density at radius 3 is 2.52 bits per heavy atom. The molecule has 0 N–H and O–H groups in total. The van der Waals surface area contributed by atoms with Gasteiger partial charge in [-0.1, -0.05) is 18.2 Å². The Bertz CT molecular complexity index is 793. The van der Waals surface area contributed by atoms with Crippen LogP contribution in [0, 0.1) is 0 Å². The number of hydrogen-bond acceptors (Lipinski definition) is 6. The number of aryl methyl sites for hydroxylation is 1. The second-order valence-electron chi connectivity index (χ2n) is 6.67. The van der Waals surface area contributed by atoms with Crippen LogP contribution in [0.1, 0.15) is 54.7 Å². The van der Waals surface area contributed by atoms with Gasteiger partial charge in [0, 0.05) is 20.1 Å². The molecule has 7 heteroatoms. The number of rotatable bonds is 6. The molecule has 0 aliphatic heterocycles. The van der Waals surface area contributed by atoms with Gasteiger partial charge in [-0.05, 0) is 44.7 Å². The number of azo groups is 1. The van der Waals surface area contributed by atoms with Crippen molar-refractivity contribution in [1.82, 2.24) is 9.78 Å². The van der Waals surface area contributed by atoms with Crippen molar-refractivity contribution >= 4 is 17.3 Å². The molecular formula is C20H26N4O3. The highest BCUT2D eigenvalue weighted by Gasteiger charge is 2.31. The van der Waals surface area contributed by atoms with Crippen LogP contribution in [-0.2, 0) is 16.5 Å². The van der Waals surface area contributed by atoms with Gasteiger partial charge >= 0.3 is 5.97 Å². The molecule has 0 amide bonds. The smallest absolute Gasteiger partial charge is 0.358 e. The van der Waals surface area contributed by atoms with Crippen molar-refractivity contribution in [3.05, 3.63) is 41.7 Å². The average molecular weight is 370 g/mol. The summed E-state index contributed by atoms with van der Waals surface area (Å²) in [6.07, 6.45) is 4.14. The summed E-state index contributed by atoms with van der Waals surface area (Å²) in [5, 5.41) is 13.4. The van der Waals surface area contributed by atoms with Gasteiger partial charge in [0.1, 0.15) is 5.69 Å². The minimum absolute atomic E-state index is 0.232. The number of nitrogens with zero attached hydrogens (tertiary/aromatic N) is 4. The first-order valence-electron chi connectivity index (χ1n) is 9.37. The van der Waals surface area contributed by atoms with Crippen LogP contribution < -0.4 is 0 Å². The standard InChI is InChI=1S/C20H26N4O3/c1-4-27-20(25)19-18(22-21-15-8-6-5-7-9-15)17(23-24(19)2)14-10-12-16(26-3)13-11-14/h5-9,14,16H,4,10-13H2,1-3H3/b22-21+. The fourth-order valence-corrected chi connectivity index (χ4v) is 3.51. The molecule has 1 saturated carbocycles. The summed E-state index contributed by atoms with van der Waals surface area (Å²) in [6.45, 7) is 2.08. The minimum Gasteiger partial charge on any atom is -0.461 e. The highest BCUT2D eigenvalue weighted by molar-refractivity contribution is 5.93. The van der Waals surface area contributed by atoms with E-state index in [4.69, 9.17) is 9.47 Å². The molecule has 2 aromatic rings.